The molecule has 260 valence electrons. The van der Waals surface area contributed by atoms with Crippen molar-refractivity contribution in [3.05, 3.63) is 84.3 Å². The number of H-pyrrole nitrogens is 1. The van der Waals surface area contributed by atoms with E-state index in [1.807, 2.05) is 56.7 Å². The van der Waals surface area contributed by atoms with E-state index < -0.39 is 30.5 Å². The molecular formula is C35H36F3N9O3. The molecule has 1 aliphatic heterocycles. The fraction of sp³-hybridized carbons (Fsp3) is 0.343. The van der Waals surface area contributed by atoms with Gasteiger partial charge in [-0.1, -0.05) is 18.2 Å². The van der Waals surface area contributed by atoms with Crippen LogP contribution in [0.15, 0.2) is 67.0 Å². The van der Waals surface area contributed by atoms with E-state index in [0.717, 1.165) is 21.2 Å². The van der Waals surface area contributed by atoms with Gasteiger partial charge in [-0.3, -0.25) is 14.4 Å². The molecule has 1 aliphatic rings. The molecule has 0 bridgehead atoms. The molecule has 5 heterocycles. The predicted octanol–water partition coefficient (Wildman–Crippen LogP) is 5.61. The van der Waals surface area contributed by atoms with E-state index >= 15 is 0 Å². The number of aryl methyl sites for hydroxylation is 1. The highest BCUT2D eigenvalue weighted by atomic mass is 19.4. The summed E-state index contributed by atoms with van der Waals surface area (Å²) < 4.78 is 56.4. The maximum Gasteiger partial charge on any atom is 0.449 e. The Kier molecular flexibility index (Phi) is 8.68. The smallest absolute Gasteiger partial charge is 0.449 e. The number of hydrogen-bond acceptors (Lipinski definition) is 8. The number of amides is 1. The first-order valence-corrected chi connectivity index (χ1v) is 16.1. The van der Waals surface area contributed by atoms with E-state index in [-0.39, 0.29) is 17.1 Å². The molecule has 0 spiro atoms. The molecule has 50 heavy (non-hydrogen) atoms. The van der Waals surface area contributed by atoms with Crippen molar-refractivity contribution in [1.82, 2.24) is 44.1 Å². The van der Waals surface area contributed by atoms with E-state index in [2.05, 4.69) is 25.0 Å². The fourth-order valence-corrected chi connectivity index (χ4v) is 6.76. The van der Waals surface area contributed by atoms with Crippen molar-refractivity contribution in [2.45, 2.75) is 44.2 Å². The zero-order valence-electron chi connectivity index (χ0n) is 28.0. The Hall–Kier alpha value is -5.44. The third-order valence-corrected chi connectivity index (χ3v) is 9.28. The first kappa shape index (κ1) is 33.1. The topological polar surface area (TPSA) is 119 Å². The molecule has 15 heteroatoms. The van der Waals surface area contributed by atoms with Crippen LogP contribution in [0.5, 0.6) is 11.6 Å². The van der Waals surface area contributed by atoms with Gasteiger partial charge in [0.2, 0.25) is 17.6 Å². The highest BCUT2D eigenvalue weighted by Gasteiger charge is 2.40. The maximum atomic E-state index is 14.3. The number of imidazole rings is 2. The highest BCUT2D eigenvalue weighted by Crippen LogP contribution is 2.37. The highest BCUT2D eigenvalue weighted by molar-refractivity contribution is 5.86. The fourth-order valence-electron chi connectivity index (χ4n) is 6.76. The average molecular weight is 688 g/mol. The van der Waals surface area contributed by atoms with Gasteiger partial charge in [0.15, 0.2) is 0 Å². The van der Waals surface area contributed by atoms with Gasteiger partial charge in [0.05, 0.1) is 60.0 Å². The minimum atomic E-state index is -4.78. The van der Waals surface area contributed by atoms with E-state index in [9.17, 15) is 18.0 Å². The molecule has 7 rings (SSSR count). The minimum Gasteiger partial charge on any atom is -0.497 e. The van der Waals surface area contributed by atoms with Crippen LogP contribution < -0.4 is 9.47 Å². The standard InChI is InChI=1S/C35H36F3N9O3/c1-44(19-22-11-13-45(2)43-22)23-12-14-46(31(48)20-47-29-17-24(49-3)9-10-27(29)42-34(47)35(36,37)38)30(16-23)32-39-18-28(40-32)25-15-21-7-5-6-8-26(21)41-33(25)50-4/h5-11,13,15,17-18,23,30H,12,14,16,19-20H2,1-4H3,(H,39,40)/t23-,30+/m1/s1. The van der Waals surface area contributed by atoms with Crippen LogP contribution in [0.25, 0.3) is 33.2 Å². The van der Waals surface area contributed by atoms with Crippen LogP contribution in [0, 0.1) is 0 Å². The lowest BCUT2D eigenvalue weighted by Gasteiger charge is -2.41. The number of carbonyl (C=O) groups excluding carboxylic acids is 1. The number of aromatic amines is 1. The third-order valence-electron chi connectivity index (χ3n) is 9.28. The number of pyridine rings is 1. The Labute approximate surface area is 285 Å². The number of methoxy groups -OCH3 is 2. The number of aromatic nitrogens is 7. The van der Waals surface area contributed by atoms with Crippen molar-refractivity contribution < 1.29 is 27.4 Å². The van der Waals surface area contributed by atoms with Crippen LogP contribution in [0.4, 0.5) is 13.2 Å². The number of likely N-dealkylation sites (tertiary alicyclic amines) is 1. The van der Waals surface area contributed by atoms with Gasteiger partial charge in [0.1, 0.15) is 18.1 Å². The summed E-state index contributed by atoms with van der Waals surface area (Å²) in [5.74, 6) is -0.363. The van der Waals surface area contributed by atoms with Crippen molar-refractivity contribution in [3.8, 4) is 22.9 Å². The van der Waals surface area contributed by atoms with Crippen molar-refractivity contribution >= 4 is 27.8 Å². The summed E-state index contributed by atoms with van der Waals surface area (Å²) in [6, 6.07) is 15.5. The lowest BCUT2D eigenvalue weighted by molar-refractivity contribution is -0.148. The van der Waals surface area contributed by atoms with E-state index in [1.54, 1.807) is 29.0 Å². The van der Waals surface area contributed by atoms with E-state index in [4.69, 9.17) is 14.5 Å². The van der Waals surface area contributed by atoms with Gasteiger partial charge in [0, 0.05) is 43.8 Å². The number of rotatable bonds is 9. The predicted molar refractivity (Wildman–Crippen MR) is 179 cm³/mol. The first-order chi connectivity index (χ1) is 24.0. The van der Waals surface area contributed by atoms with Crippen molar-refractivity contribution in [2.75, 3.05) is 27.8 Å². The largest absolute Gasteiger partial charge is 0.497 e. The van der Waals surface area contributed by atoms with Gasteiger partial charge in [-0.25, -0.2) is 15.0 Å². The molecule has 4 aromatic heterocycles. The molecule has 0 aliphatic carbocycles. The monoisotopic (exact) mass is 687 g/mol. The Morgan fingerprint density at radius 1 is 1.06 bits per heavy atom. The van der Waals surface area contributed by atoms with E-state index in [1.165, 1.54) is 19.2 Å². The quantitative estimate of drug-likeness (QED) is 0.209. The number of fused-ring (bicyclic) bond motifs is 2. The Morgan fingerprint density at radius 3 is 2.62 bits per heavy atom. The summed E-state index contributed by atoms with van der Waals surface area (Å²) in [6.45, 7) is 0.321. The van der Waals surface area contributed by atoms with Crippen LogP contribution in [0.3, 0.4) is 0 Å². The lowest BCUT2D eigenvalue weighted by atomic mass is 9.95. The zero-order valence-corrected chi connectivity index (χ0v) is 28.0. The van der Waals surface area contributed by atoms with Crippen molar-refractivity contribution in [2.24, 2.45) is 7.05 Å². The zero-order chi connectivity index (χ0) is 35.2. The molecule has 1 amide bonds. The number of nitrogens with zero attached hydrogens (tertiary/aromatic N) is 8. The van der Waals surface area contributed by atoms with Crippen LogP contribution in [0.1, 0.15) is 36.2 Å². The lowest BCUT2D eigenvalue weighted by Crippen LogP contribution is -2.48. The first-order valence-electron chi connectivity index (χ1n) is 16.1. The minimum absolute atomic E-state index is 0.0283. The molecule has 1 fully saturated rings. The van der Waals surface area contributed by atoms with E-state index in [0.29, 0.717) is 54.6 Å². The molecule has 0 radical (unpaired) electrons. The van der Waals surface area contributed by atoms with Gasteiger partial charge < -0.3 is 23.9 Å². The number of benzene rings is 2. The molecule has 2 aromatic carbocycles. The van der Waals surface area contributed by atoms with Gasteiger partial charge in [-0.15, -0.1) is 0 Å². The average Bonchev–Trinajstić information content (AvgIpc) is 3.86. The van der Waals surface area contributed by atoms with Crippen LogP contribution in [0.2, 0.25) is 0 Å². The van der Waals surface area contributed by atoms with Gasteiger partial charge in [0.25, 0.3) is 0 Å². The second-order valence-electron chi connectivity index (χ2n) is 12.5. The van der Waals surface area contributed by atoms with Crippen molar-refractivity contribution in [3.63, 3.8) is 0 Å². The number of alkyl halides is 3. The van der Waals surface area contributed by atoms with Gasteiger partial charge in [-0.05, 0) is 50.2 Å². The number of ether oxygens (including phenoxy) is 2. The van der Waals surface area contributed by atoms with Crippen LogP contribution in [-0.2, 0) is 31.1 Å². The van der Waals surface area contributed by atoms with Crippen LogP contribution in [-0.4, -0.2) is 83.8 Å². The van der Waals surface area contributed by atoms with Gasteiger partial charge in [-0.2, -0.15) is 18.3 Å². The second kappa shape index (κ2) is 13.1. The Balaban J connectivity index is 1.24. The van der Waals surface area contributed by atoms with Crippen molar-refractivity contribution in [1.29, 1.82) is 0 Å². The Bertz CT molecular complexity index is 2170. The number of para-hydroxylation sites is 1. The second-order valence-corrected chi connectivity index (χ2v) is 12.5. The SMILES string of the molecule is COc1ccc2nc(C(F)(F)F)n(CC(=O)N3CC[C@@H](N(C)Cc4ccn(C)n4)C[C@H]3c3ncc(-c4cc5ccccc5nc4OC)[nH]3)c2c1. The summed E-state index contributed by atoms with van der Waals surface area (Å²) in [5, 5.41) is 5.42. The number of hydrogen-bond donors (Lipinski definition) is 1. The third kappa shape index (κ3) is 6.35. The molecule has 12 nitrogen and oxygen atoms in total. The van der Waals surface area contributed by atoms with Crippen LogP contribution >= 0.6 is 0 Å². The summed E-state index contributed by atoms with van der Waals surface area (Å²) in [6.07, 6.45) is -0.134. The number of nitrogens with one attached hydrogen (secondary N) is 1. The summed E-state index contributed by atoms with van der Waals surface area (Å²) in [7, 11) is 6.85. The molecule has 0 unspecified atom stereocenters. The normalized spacial score (nSPS) is 16.8. The molecular weight excluding hydrogens is 651 g/mol. The summed E-state index contributed by atoms with van der Waals surface area (Å²) in [4.78, 5) is 34.6. The Morgan fingerprint density at radius 2 is 1.88 bits per heavy atom. The number of carbonyl (C=O) groups is 1. The summed E-state index contributed by atoms with van der Waals surface area (Å²) in [5.41, 5.74) is 3.28. The molecule has 1 N–H and O–H groups in total. The summed E-state index contributed by atoms with van der Waals surface area (Å²) >= 11 is 0. The number of halogens is 3. The molecule has 2 atom stereocenters. The maximum absolute atomic E-state index is 14.3. The molecule has 1 saturated heterocycles. The van der Waals surface area contributed by atoms with Gasteiger partial charge >= 0.3 is 6.18 Å². The molecule has 0 saturated carbocycles. The number of piperidine rings is 1. The molecule has 6 aromatic rings.